The fourth-order valence-electron chi connectivity index (χ4n) is 3.63. The molecule has 1 N–H and O–H groups in total. The summed E-state index contributed by atoms with van der Waals surface area (Å²) in [5.41, 5.74) is 2.56. The number of aliphatic hydroxyl groups is 1. The van der Waals surface area contributed by atoms with Gasteiger partial charge in [0.1, 0.15) is 24.6 Å². The van der Waals surface area contributed by atoms with Gasteiger partial charge in [-0.1, -0.05) is 60.7 Å². The molecule has 0 saturated carbocycles. The molecule has 1 aliphatic rings. The number of hydrogen-bond donors (Lipinski definition) is 1. The van der Waals surface area contributed by atoms with E-state index in [1.807, 2.05) is 60.7 Å². The second kappa shape index (κ2) is 12.0. The monoisotopic (exact) mass is 480 g/mol. The van der Waals surface area contributed by atoms with E-state index in [1.54, 1.807) is 43.1 Å². The molecule has 4 rings (SSSR count). The summed E-state index contributed by atoms with van der Waals surface area (Å²) < 4.78 is 22.7. The summed E-state index contributed by atoms with van der Waals surface area (Å²) >= 11 is 1.56. The lowest BCUT2D eigenvalue weighted by Crippen LogP contribution is -2.33. The van der Waals surface area contributed by atoms with Crippen molar-refractivity contribution in [1.82, 2.24) is 0 Å². The van der Waals surface area contributed by atoms with Crippen molar-refractivity contribution in [3.63, 3.8) is 0 Å². The summed E-state index contributed by atoms with van der Waals surface area (Å²) in [4.78, 5) is 12.3. The highest BCUT2D eigenvalue weighted by Gasteiger charge is 2.45. The zero-order valence-corrected chi connectivity index (χ0v) is 19.7. The fraction of sp³-hybridized carbons (Fsp3) is 0.296. The van der Waals surface area contributed by atoms with Crippen molar-refractivity contribution in [3.8, 4) is 5.75 Å². The van der Waals surface area contributed by atoms with Crippen LogP contribution in [0.15, 0.2) is 84.9 Å². The molecule has 0 radical (unpaired) electrons. The lowest BCUT2D eigenvalue weighted by Gasteiger charge is -2.20. The largest absolute Gasteiger partial charge is 0.497 e. The lowest BCUT2D eigenvalue weighted by molar-refractivity contribution is -0.148. The Hall–Kier alpha value is -2.84. The normalized spacial score (nSPS) is 21.8. The summed E-state index contributed by atoms with van der Waals surface area (Å²) in [7, 11) is 1.63. The molecule has 178 valence electrons. The van der Waals surface area contributed by atoms with Gasteiger partial charge in [0.15, 0.2) is 6.29 Å². The third-order valence-electron chi connectivity index (χ3n) is 5.54. The molecule has 1 saturated heterocycles. The Morgan fingerprint density at radius 3 is 2.29 bits per heavy atom. The first kappa shape index (κ1) is 24.3. The third kappa shape index (κ3) is 6.39. The van der Waals surface area contributed by atoms with Gasteiger partial charge in [-0.05, 0) is 35.4 Å². The van der Waals surface area contributed by atoms with Crippen molar-refractivity contribution in [1.29, 1.82) is 0 Å². The van der Waals surface area contributed by atoms with E-state index in [0.29, 0.717) is 17.9 Å². The molecule has 0 bridgehead atoms. The van der Waals surface area contributed by atoms with Crippen molar-refractivity contribution in [3.05, 3.63) is 102 Å². The van der Waals surface area contributed by atoms with E-state index < -0.39 is 24.5 Å². The van der Waals surface area contributed by atoms with Crippen molar-refractivity contribution in [2.24, 2.45) is 0 Å². The number of methoxy groups -OCH3 is 1. The topological polar surface area (TPSA) is 74.2 Å². The Morgan fingerprint density at radius 2 is 1.62 bits per heavy atom. The van der Waals surface area contributed by atoms with Crippen LogP contribution >= 0.6 is 11.8 Å². The predicted molar refractivity (Wildman–Crippen MR) is 131 cm³/mol. The van der Waals surface area contributed by atoms with E-state index in [-0.39, 0.29) is 11.9 Å². The van der Waals surface area contributed by atoms with Crippen LogP contribution in [0.4, 0.5) is 0 Å². The number of benzene rings is 3. The Kier molecular flexibility index (Phi) is 8.60. The van der Waals surface area contributed by atoms with Crippen LogP contribution in [0, 0.1) is 0 Å². The predicted octanol–water partition coefficient (Wildman–Crippen LogP) is 4.46. The molecule has 1 aliphatic heterocycles. The van der Waals surface area contributed by atoms with Gasteiger partial charge in [-0.3, -0.25) is 0 Å². The average Bonchev–Trinajstić information content (AvgIpc) is 3.20. The number of thioether (sulfide) groups is 1. The van der Waals surface area contributed by atoms with Crippen molar-refractivity contribution in [2.75, 3.05) is 13.7 Å². The van der Waals surface area contributed by atoms with Crippen molar-refractivity contribution < 1.29 is 28.8 Å². The molecule has 1 fully saturated rings. The SMILES string of the molecule is COc1ccc(CS[C@H]2[C@H](OCc3ccccc3)O[C@H](COC(=O)c3ccccc3)[C@@H]2O)cc1. The third-order valence-corrected chi connectivity index (χ3v) is 6.93. The number of rotatable bonds is 10. The van der Waals surface area contributed by atoms with Gasteiger partial charge >= 0.3 is 5.97 Å². The zero-order valence-electron chi connectivity index (χ0n) is 18.9. The lowest BCUT2D eigenvalue weighted by atomic mass is 10.2. The second-order valence-corrected chi connectivity index (χ2v) is 9.08. The van der Waals surface area contributed by atoms with Crippen LogP contribution in [0.5, 0.6) is 5.75 Å². The molecule has 0 aliphatic carbocycles. The standard InChI is InChI=1S/C27H28O6S/c1-30-22-14-12-20(13-15-22)18-34-25-24(28)23(17-31-26(29)21-10-6-3-7-11-21)33-27(25)32-16-19-8-4-2-5-9-19/h2-15,23-25,27-28H,16-18H2,1H3/t23-,24+,25-,27-/m1/s1. The summed E-state index contributed by atoms with van der Waals surface area (Å²) in [5.74, 6) is 1.01. The fourth-order valence-corrected chi connectivity index (χ4v) is 4.88. The molecule has 7 heteroatoms. The molecular formula is C27H28O6S. The Bertz CT molecular complexity index is 1030. The summed E-state index contributed by atoms with van der Waals surface area (Å²) in [5, 5.41) is 10.7. The maximum Gasteiger partial charge on any atom is 0.338 e. The van der Waals surface area contributed by atoms with Gasteiger partial charge in [0.05, 0.1) is 24.5 Å². The van der Waals surface area contributed by atoms with Crippen LogP contribution in [-0.4, -0.2) is 48.5 Å². The average molecular weight is 481 g/mol. The van der Waals surface area contributed by atoms with Gasteiger partial charge in [-0.15, -0.1) is 11.8 Å². The summed E-state index contributed by atoms with van der Waals surface area (Å²) in [6.07, 6.45) is -2.17. The summed E-state index contributed by atoms with van der Waals surface area (Å²) in [6, 6.07) is 26.4. The Balaban J connectivity index is 1.39. The van der Waals surface area contributed by atoms with Crippen LogP contribution < -0.4 is 4.74 Å². The molecule has 34 heavy (non-hydrogen) atoms. The number of aliphatic hydroxyl groups excluding tert-OH is 1. The molecule has 0 amide bonds. The molecule has 0 spiro atoms. The smallest absolute Gasteiger partial charge is 0.338 e. The van der Waals surface area contributed by atoms with Gasteiger partial charge in [0, 0.05) is 5.75 Å². The highest BCUT2D eigenvalue weighted by Crippen LogP contribution is 2.35. The Labute approximate surface area is 203 Å². The summed E-state index contributed by atoms with van der Waals surface area (Å²) in [6.45, 7) is 0.300. The molecule has 6 nitrogen and oxygen atoms in total. The van der Waals surface area contributed by atoms with Gasteiger partial charge in [-0.25, -0.2) is 4.79 Å². The van der Waals surface area contributed by atoms with Gasteiger partial charge in [0.2, 0.25) is 0 Å². The van der Waals surface area contributed by atoms with Gasteiger partial charge in [-0.2, -0.15) is 0 Å². The minimum Gasteiger partial charge on any atom is -0.497 e. The maximum atomic E-state index is 12.3. The van der Waals surface area contributed by atoms with Crippen molar-refractivity contribution in [2.45, 2.75) is 36.1 Å². The van der Waals surface area contributed by atoms with E-state index in [4.69, 9.17) is 18.9 Å². The number of carbonyl (C=O) groups excluding carboxylic acids is 1. The first-order valence-electron chi connectivity index (χ1n) is 11.1. The number of ether oxygens (including phenoxy) is 4. The van der Waals surface area contributed by atoms with Crippen LogP contribution in [0.1, 0.15) is 21.5 Å². The van der Waals surface area contributed by atoms with Crippen molar-refractivity contribution >= 4 is 17.7 Å². The minimum atomic E-state index is -0.854. The first-order valence-corrected chi connectivity index (χ1v) is 12.1. The number of carbonyl (C=O) groups is 1. The maximum absolute atomic E-state index is 12.3. The molecule has 0 unspecified atom stereocenters. The minimum absolute atomic E-state index is 0.0559. The van der Waals surface area contributed by atoms with Crippen LogP contribution in [0.2, 0.25) is 0 Å². The number of hydrogen-bond acceptors (Lipinski definition) is 7. The molecule has 3 aromatic rings. The van der Waals surface area contributed by atoms with E-state index in [1.165, 1.54) is 0 Å². The zero-order chi connectivity index (χ0) is 23.8. The number of esters is 1. The molecule has 0 aromatic heterocycles. The molecule has 4 atom stereocenters. The highest BCUT2D eigenvalue weighted by molar-refractivity contribution is 7.99. The van der Waals surface area contributed by atoms with Gasteiger partial charge in [0.25, 0.3) is 0 Å². The molecule has 3 aromatic carbocycles. The molecular weight excluding hydrogens is 452 g/mol. The molecule has 1 heterocycles. The van der Waals surface area contributed by atoms with Crippen LogP contribution in [-0.2, 0) is 26.6 Å². The van der Waals surface area contributed by atoms with E-state index >= 15 is 0 Å². The quantitative estimate of drug-likeness (QED) is 0.430. The van der Waals surface area contributed by atoms with E-state index in [2.05, 4.69) is 0 Å². The Morgan fingerprint density at radius 1 is 0.941 bits per heavy atom. The first-order chi connectivity index (χ1) is 16.6. The van der Waals surface area contributed by atoms with Crippen LogP contribution in [0.25, 0.3) is 0 Å². The highest BCUT2D eigenvalue weighted by atomic mass is 32.2. The second-order valence-electron chi connectivity index (χ2n) is 7.92. The van der Waals surface area contributed by atoms with E-state index in [9.17, 15) is 9.90 Å². The van der Waals surface area contributed by atoms with E-state index in [0.717, 1.165) is 16.9 Å². The van der Waals surface area contributed by atoms with Gasteiger partial charge < -0.3 is 24.1 Å². The van der Waals surface area contributed by atoms with Crippen LogP contribution in [0.3, 0.4) is 0 Å².